The second kappa shape index (κ2) is 5.35. The van der Waals surface area contributed by atoms with Crippen LogP contribution in [0.2, 0.25) is 0 Å². The van der Waals surface area contributed by atoms with Crippen LogP contribution in [-0.2, 0) is 11.2 Å². The highest BCUT2D eigenvalue weighted by molar-refractivity contribution is 5.67. The first-order valence-electron chi connectivity index (χ1n) is 7.41. The van der Waals surface area contributed by atoms with Crippen molar-refractivity contribution in [3.8, 4) is 5.75 Å². The number of nitrogens with zero attached hydrogens (tertiary/aromatic N) is 1. The number of para-hydroxylation sites is 1. The molecule has 4 heteroatoms. The molecular formula is C16H21NO3. The lowest BCUT2D eigenvalue weighted by atomic mass is 9.83. The predicted octanol–water partition coefficient (Wildman–Crippen LogP) is 3.00. The van der Waals surface area contributed by atoms with Gasteiger partial charge in [-0.05, 0) is 31.4 Å². The number of carbonyl (C=O) groups is 1. The van der Waals surface area contributed by atoms with Crippen LogP contribution in [0.1, 0.15) is 31.7 Å². The molecule has 2 aliphatic heterocycles. The summed E-state index contributed by atoms with van der Waals surface area (Å²) in [5, 5.41) is 0. The number of likely N-dealkylation sites (tertiary alicyclic amines) is 1. The molecular weight excluding hydrogens is 254 g/mol. The molecule has 4 nitrogen and oxygen atoms in total. The second-order valence-corrected chi connectivity index (χ2v) is 5.58. The van der Waals surface area contributed by atoms with E-state index in [2.05, 4.69) is 12.1 Å². The van der Waals surface area contributed by atoms with Gasteiger partial charge >= 0.3 is 6.09 Å². The fourth-order valence-corrected chi connectivity index (χ4v) is 3.12. The quantitative estimate of drug-likeness (QED) is 0.791. The molecule has 0 saturated carbocycles. The first-order valence-corrected chi connectivity index (χ1v) is 7.41. The number of piperidine rings is 1. The summed E-state index contributed by atoms with van der Waals surface area (Å²) in [4.78, 5) is 13.5. The first-order chi connectivity index (χ1) is 9.72. The topological polar surface area (TPSA) is 38.8 Å². The Hall–Kier alpha value is -1.71. The summed E-state index contributed by atoms with van der Waals surface area (Å²) in [5.74, 6) is 1.02. The van der Waals surface area contributed by atoms with Crippen LogP contribution in [0.5, 0.6) is 5.75 Å². The Labute approximate surface area is 119 Å². The molecule has 1 spiro atoms. The SMILES string of the molecule is CCOC(=O)N1CCC2(CCc3ccccc3O2)CC1. The highest BCUT2D eigenvalue weighted by Crippen LogP contribution is 2.39. The van der Waals surface area contributed by atoms with Crippen molar-refractivity contribution < 1.29 is 14.3 Å². The summed E-state index contributed by atoms with van der Waals surface area (Å²) in [6.45, 7) is 3.72. The van der Waals surface area contributed by atoms with Crippen molar-refractivity contribution in [3.05, 3.63) is 29.8 Å². The lowest BCUT2D eigenvalue weighted by Gasteiger charge is -2.44. The third kappa shape index (κ3) is 2.47. The van der Waals surface area contributed by atoms with Crippen LogP contribution in [0.4, 0.5) is 4.79 Å². The van der Waals surface area contributed by atoms with Gasteiger partial charge in [-0.2, -0.15) is 0 Å². The lowest BCUT2D eigenvalue weighted by molar-refractivity contribution is -0.0138. The van der Waals surface area contributed by atoms with Crippen molar-refractivity contribution >= 4 is 6.09 Å². The number of hydrogen-bond donors (Lipinski definition) is 0. The average Bonchev–Trinajstić information content (AvgIpc) is 2.48. The zero-order chi connectivity index (χ0) is 14.0. The van der Waals surface area contributed by atoms with Gasteiger partial charge in [-0.25, -0.2) is 4.79 Å². The van der Waals surface area contributed by atoms with Gasteiger partial charge in [0.1, 0.15) is 11.4 Å². The summed E-state index contributed by atoms with van der Waals surface area (Å²) in [6, 6.07) is 8.26. The van der Waals surface area contributed by atoms with Crippen molar-refractivity contribution in [1.29, 1.82) is 0 Å². The maximum absolute atomic E-state index is 11.7. The Morgan fingerprint density at radius 2 is 2.05 bits per heavy atom. The Morgan fingerprint density at radius 3 is 2.80 bits per heavy atom. The van der Waals surface area contributed by atoms with Crippen LogP contribution in [0.3, 0.4) is 0 Å². The summed E-state index contributed by atoms with van der Waals surface area (Å²) >= 11 is 0. The van der Waals surface area contributed by atoms with Crippen LogP contribution < -0.4 is 4.74 Å². The molecule has 1 aromatic carbocycles. The third-order valence-corrected chi connectivity index (χ3v) is 4.35. The summed E-state index contributed by atoms with van der Waals surface area (Å²) in [7, 11) is 0. The van der Waals surface area contributed by atoms with Gasteiger partial charge < -0.3 is 14.4 Å². The van der Waals surface area contributed by atoms with Gasteiger partial charge in [0.25, 0.3) is 0 Å². The fraction of sp³-hybridized carbons (Fsp3) is 0.562. The van der Waals surface area contributed by atoms with Gasteiger partial charge in [0, 0.05) is 25.9 Å². The van der Waals surface area contributed by atoms with Gasteiger partial charge in [-0.3, -0.25) is 0 Å². The number of carbonyl (C=O) groups excluding carboxylic acids is 1. The van der Waals surface area contributed by atoms with Crippen molar-refractivity contribution in [2.24, 2.45) is 0 Å². The molecule has 108 valence electrons. The Balaban J connectivity index is 1.65. The molecule has 3 rings (SSSR count). The lowest BCUT2D eigenvalue weighted by Crippen LogP contribution is -2.51. The van der Waals surface area contributed by atoms with Gasteiger partial charge in [0.2, 0.25) is 0 Å². The largest absolute Gasteiger partial charge is 0.487 e. The van der Waals surface area contributed by atoms with Crippen molar-refractivity contribution in [3.63, 3.8) is 0 Å². The Morgan fingerprint density at radius 1 is 1.30 bits per heavy atom. The smallest absolute Gasteiger partial charge is 0.409 e. The van der Waals surface area contributed by atoms with E-state index in [4.69, 9.17) is 9.47 Å². The molecule has 2 aliphatic rings. The van der Waals surface area contributed by atoms with E-state index in [1.807, 2.05) is 19.1 Å². The molecule has 0 radical (unpaired) electrons. The van der Waals surface area contributed by atoms with Crippen LogP contribution in [0, 0.1) is 0 Å². The monoisotopic (exact) mass is 275 g/mol. The summed E-state index contributed by atoms with van der Waals surface area (Å²) in [6.07, 6.45) is 3.69. The molecule has 0 unspecified atom stereocenters. The maximum Gasteiger partial charge on any atom is 0.409 e. The Bertz CT molecular complexity index is 492. The molecule has 1 fully saturated rings. The fourth-order valence-electron chi connectivity index (χ4n) is 3.12. The van der Waals surface area contributed by atoms with Crippen LogP contribution in [-0.4, -0.2) is 36.3 Å². The molecule has 1 saturated heterocycles. The highest BCUT2D eigenvalue weighted by Gasteiger charge is 2.40. The van der Waals surface area contributed by atoms with E-state index in [1.165, 1.54) is 5.56 Å². The first kappa shape index (κ1) is 13.3. The maximum atomic E-state index is 11.7. The molecule has 2 heterocycles. The van der Waals surface area contributed by atoms with Crippen LogP contribution in [0.25, 0.3) is 0 Å². The van der Waals surface area contributed by atoms with E-state index < -0.39 is 0 Å². The van der Waals surface area contributed by atoms with E-state index in [0.29, 0.717) is 6.61 Å². The molecule has 0 aromatic heterocycles. The Kier molecular flexibility index (Phi) is 3.55. The number of hydrogen-bond acceptors (Lipinski definition) is 3. The van der Waals surface area contributed by atoms with Crippen LogP contribution in [0.15, 0.2) is 24.3 Å². The minimum Gasteiger partial charge on any atom is -0.487 e. The van der Waals surface area contributed by atoms with Crippen molar-refractivity contribution in [1.82, 2.24) is 4.90 Å². The van der Waals surface area contributed by atoms with Crippen molar-refractivity contribution in [2.45, 2.75) is 38.2 Å². The van der Waals surface area contributed by atoms with E-state index in [-0.39, 0.29) is 11.7 Å². The average molecular weight is 275 g/mol. The molecule has 1 amide bonds. The number of amides is 1. The third-order valence-electron chi connectivity index (χ3n) is 4.35. The minimum atomic E-state index is -0.196. The normalized spacial score (nSPS) is 20.1. The van der Waals surface area contributed by atoms with Gasteiger partial charge in [-0.15, -0.1) is 0 Å². The molecule has 0 N–H and O–H groups in total. The number of aryl methyl sites for hydroxylation is 1. The predicted molar refractivity (Wildman–Crippen MR) is 76.0 cm³/mol. The molecule has 0 aliphatic carbocycles. The second-order valence-electron chi connectivity index (χ2n) is 5.58. The molecule has 20 heavy (non-hydrogen) atoms. The summed E-state index contributed by atoms with van der Waals surface area (Å²) < 4.78 is 11.3. The summed E-state index contributed by atoms with van der Waals surface area (Å²) in [5.41, 5.74) is 1.21. The molecule has 0 atom stereocenters. The van der Waals surface area contributed by atoms with Gasteiger partial charge in [-0.1, -0.05) is 18.2 Å². The van der Waals surface area contributed by atoms with Crippen molar-refractivity contribution in [2.75, 3.05) is 19.7 Å². The van der Waals surface area contributed by atoms with E-state index in [1.54, 1.807) is 4.90 Å². The van der Waals surface area contributed by atoms with E-state index in [9.17, 15) is 4.79 Å². The molecule has 1 aromatic rings. The number of fused-ring (bicyclic) bond motifs is 1. The van der Waals surface area contributed by atoms with E-state index in [0.717, 1.165) is 44.5 Å². The minimum absolute atomic E-state index is 0.0860. The van der Waals surface area contributed by atoms with E-state index >= 15 is 0 Å². The highest BCUT2D eigenvalue weighted by atomic mass is 16.6. The molecule has 0 bridgehead atoms. The van der Waals surface area contributed by atoms with Crippen LogP contribution >= 0.6 is 0 Å². The number of benzene rings is 1. The van der Waals surface area contributed by atoms with Gasteiger partial charge in [0.15, 0.2) is 0 Å². The number of ether oxygens (including phenoxy) is 2. The standard InChI is InChI=1S/C16H21NO3/c1-2-19-15(18)17-11-9-16(10-12-17)8-7-13-5-3-4-6-14(13)20-16/h3-6H,2,7-12H2,1H3. The number of rotatable bonds is 1. The zero-order valence-corrected chi connectivity index (χ0v) is 11.9. The zero-order valence-electron chi connectivity index (χ0n) is 11.9. The van der Waals surface area contributed by atoms with Gasteiger partial charge in [0.05, 0.1) is 6.61 Å².